The van der Waals surface area contributed by atoms with Gasteiger partial charge in [-0.05, 0) is 26.2 Å². The van der Waals surface area contributed by atoms with Gasteiger partial charge >= 0.3 is 0 Å². The maximum atomic E-state index is 4.07. The SMILES string of the molecule is C=C(C)CC(C(=C)NCC)C(C)C. The van der Waals surface area contributed by atoms with Crippen LogP contribution in [0.4, 0.5) is 0 Å². The van der Waals surface area contributed by atoms with E-state index in [1.807, 2.05) is 0 Å². The van der Waals surface area contributed by atoms with Gasteiger partial charge in [-0.25, -0.2) is 0 Å². The van der Waals surface area contributed by atoms with E-state index in [1.54, 1.807) is 0 Å². The van der Waals surface area contributed by atoms with Crippen molar-refractivity contribution in [3.8, 4) is 0 Å². The van der Waals surface area contributed by atoms with Gasteiger partial charge in [-0.1, -0.05) is 26.0 Å². The van der Waals surface area contributed by atoms with E-state index in [0.717, 1.165) is 18.7 Å². The first-order valence-corrected chi connectivity index (χ1v) is 5.06. The lowest BCUT2D eigenvalue weighted by Crippen LogP contribution is -2.23. The summed E-state index contributed by atoms with van der Waals surface area (Å²) >= 11 is 0. The Bertz CT molecular complexity index is 180. The molecule has 1 unspecified atom stereocenters. The van der Waals surface area contributed by atoms with Crippen molar-refractivity contribution in [1.82, 2.24) is 5.32 Å². The number of nitrogens with one attached hydrogen (secondary N) is 1. The standard InChI is InChI=1S/C12H23N/c1-7-13-11(6)12(10(4)5)8-9(2)3/h10,12-13H,2,6-8H2,1,3-5H3. The number of hydrogen-bond acceptors (Lipinski definition) is 1. The fourth-order valence-electron chi connectivity index (χ4n) is 1.49. The summed E-state index contributed by atoms with van der Waals surface area (Å²) in [6.45, 7) is 17.6. The van der Waals surface area contributed by atoms with Crippen LogP contribution in [0.2, 0.25) is 0 Å². The molecule has 1 N–H and O–H groups in total. The fourth-order valence-corrected chi connectivity index (χ4v) is 1.49. The molecule has 0 aliphatic carbocycles. The van der Waals surface area contributed by atoms with Crippen molar-refractivity contribution in [2.75, 3.05) is 6.54 Å². The third kappa shape index (κ3) is 4.76. The molecule has 1 heteroatoms. The third-order valence-electron chi connectivity index (χ3n) is 2.22. The van der Waals surface area contributed by atoms with Gasteiger partial charge in [0.15, 0.2) is 0 Å². The molecule has 13 heavy (non-hydrogen) atoms. The Morgan fingerprint density at radius 2 is 1.85 bits per heavy atom. The topological polar surface area (TPSA) is 12.0 Å². The fraction of sp³-hybridized carbons (Fsp3) is 0.667. The van der Waals surface area contributed by atoms with E-state index in [1.165, 1.54) is 5.57 Å². The molecule has 0 saturated heterocycles. The number of rotatable bonds is 6. The molecule has 1 atom stereocenters. The predicted octanol–water partition coefficient (Wildman–Crippen LogP) is 3.35. The third-order valence-corrected chi connectivity index (χ3v) is 2.22. The first kappa shape index (κ1) is 12.3. The van der Waals surface area contributed by atoms with E-state index in [0.29, 0.717) is 11.8 Å². The van der Waals surface area contributed by atoms with E-state index in [4.69, 9.17) is 0 Å². The first-order chi connectivity index (χ1) is 5.99. The van der Waals surface area contributed by atoms with Crippen LogP contribution < -0.4 is 5.32 Å². The molecular weight excluding hydrogens is 158 g/mol. The van der Waals surface area contributed by atoms with E-state index >= 15 is 0 Å². The molecule has 0 aliphatic heterocycles. The molecule has 0 aromatic rings. The second-order valence-corrected chi connectivity index (χ2v) is 4.07. The molecule has 0 spiro atoms. The zero-order chi connectivity index (χ0) is 10.4. The van der Waals surface area contributed by atoms with Crippen molar-refractivity contribution < 1.29 is 0 Å². The van der Waals surface area contributed by atoms with Crippen LogP contribution in [-0.4, -0.2) is 6.54 Å². The van der Waals surface area contributed by atoms with Gasteiger partial charge in [0.2, 0.25) is 0 Å². The van der Waals surface area contributed by atoms with Crippen LogP contribution in [0.1, 0.15) is 34.1 Å². The van der Waals surface area contributed by atoms with Gasteiger partial charge in [0.1, 0.15) is 0 Å². The zero-order valence-corrected chi connectivity index (χ0v) is 9.48. The maximum absolute atomic E-state index is 4.07. The van der Waals surface area contributed by atoms with Crippen molar-refractivity contribution in [2.24, 2.45) is 11.8 Å². The van der Waals surface area contributed by atoms with Crippen molar-refractivity contribution in [2.45, 2.75) is 34.1 Å². The highest BCUT2D eigenvalue weighted by Crippen LogP contribution is 2.24. The average molecular weight is 181 g/mol. The molecular formula is C12H23N. The Kier molecular flexibility index (Phi) is 5.52. The molecule has 0 amide bonds. The van der Waals surface area contributed by atoms with E-state index in [-0.39, 0.29) is 0 Å². The summed E-state index contributed by atoms with van der Waals surface area (Å²) < 4.78 is 0. The quantitative estimate of drug-likeness (QED) is 0.620. The van der Waals surface area contributed by atoms with Gasteiger partial charge in [-0.3, -0.25) is 0 Å². The van der Waals surface area contributed by atoms with Crippen LogP contribution in [0.25, 0.3) is 0 Å². The van der Waals surface area contributed by atoms with Crippen molar-refractivity contribution >= 4 is 0 Å². The minimum atomic E-state index is 0.525. The second kappa shape index (κ2) is 5.85. The Morgan fingerprint density at radius 3 is 2.15 bits per heavy atom. The molecule has 0 bridgehead atoms. The molecule has 0 fully saturated rings. The minimum absolute atomic E-state index is 0.525. The maximum Gasteiger partial charge on any atom is 0.0115 e. The summed E-state index contributed by atoms with van der Waals surface area (Å²) in [7, 11) is 0. The highest BCUT2D eigenvalue weighted by Gasteiger charge is 2.16. The van der Waals surface area contributed by atoms with Crippen LogP contribution in [-0.2, 0) is 0 Å². The first-order valence-electron chi connectivity index (χ1n) is 5.06. The second-order valence-electron chi connectivity index (χ2n) is 4.07. The molecule has 76 valence electrons. The van der Waals surface area contributed by atoms with Crippen LogP contribution in [0.5, 0.6) is 0 Å². The summed E-state index contributed by atoms with van der Waals surface area (Å²) in [6.07, 6.45) is 1.05. The molecule has 1 nitrogen and oxygen atoms in total. The largest absolute Gasteiger partial charge is 0.389 e. The predicted molar refractivity (Wildman–Crippen MR) is 60.6 cm³/mol. The Hall–Kier alpha value is -0.720. The summed E-state index contributed by atoms with van der Waals surface area (Å²) in [5.74, 6) is 1.15. The lowest BCUT2D eigenvalue weighted by molar-refractivity contribution is 0.419. The number of allylic oxidation sites excluding steroid dienone is 2. The molecule has 0 radical (unpaired) electrons. The smallest absolute Gasteiger partial charge is 0.0115 e. The van der Waals surface area contributed by atoms with Crippen LogP contribution >= 0.6 is 0 Å². The molecule has 0 rings (SSSR count). The summed E-state index contributed by atoms with van der Waals surface area (Å²) in [5, 5.41) is 3.30. The Labute approximate surface area is 82.9 Å². The molecule has 0 heterocycles. The zero-order valence-electron chi connectivity index (χ0n) is 9.48. The summed E-state index contributed by atoms with van der Waals surface area (Å²) in [6, 6.07) is 0. The normalized spacial score (nSPS) is 12.7. The van der Waals surface area contributed by atoms with Gasteiger partial charge in [0, 0.05) is 18.2 Å². The molecule has 0 aromatic heterocycles. The van der Waals surface area contributed by atoms with Gasteiger partial charge in [0.05, 0.1) is 0 Å². The van der Waals surface area contributed by atoms with Gasteiger partial charge in [-0.2, -0.15) is 0 Å². The van der Waals surface area contributed by atoms with Crippen LogP contribution in [0.15, 0.2) is 24.4 Å². The van der Waals surface area contributed by atoms with Crippen molar-refractivity contribution in [3.63, 3.8) is 0 Å². The van der Waals surface area contributed by atoms with E-state index < -0.39 is 0 Å². The molecule has 0 aliphatic rings. The minimum Gasteiger partial charge on any atom is -0.389 e. The van der Waals surface area contributed by atoms with Crippen LogP contribution in [0.3, 0.4) is 0 Å². The van der Waals surface area contributed by atoms with E-state index in [9.17, 15) is 0 Å². The van der Waals surface area contributed by atoms with Gasteiger partial charge in [-0.15, -0.1) is 6.58 Å². The van der Waals surface area contributed by atoms with Gasteiger partial charge in [0.25, 0.3) is 0 Å². The number of hydrogen-bond donors (Lipinski definition) is 1. The van der Waals surface area contributed by atoms with Crippen LogP contribution in [0, 0.1) is 11.8 Å². The monoisotopic (exact) mass is 181 g/mol. The lowest BCUT2D eigenvalue weighted by atomic mass is 9.87. The molecule has 0 saturated carbocycles. The molecule has 0 aromatic carbocycles. The Morgan fingerprint density at radius 1 is 1.31 bits per heavy atom. The summed E-state index contributed by atoms with van der Waals surface area (Å²) in [4.78, 5) is 0. The average Bonchev–Trinajstić information content (AvgIpc) is 1.99. The summed E-state index contributed by atoms with van der Waals surface area (Å²) in [5.41, 5.74) is 2.39. The lowest BCUT2D eigenvalue weighted by Gasteiger charge is -2.24. The highest BCUT2D eigenvalue weighted by molar-refractivity contribution is 5.05. The van der Waals surface area contributed by atoms with Crippen molar-refractivity contribution in [3.05, 3.63) is 24.4 Å². The van der Waals surface area contributed by atoms with E-state index in [2.05, 4.69) is 46.2 Å². The Balaban J connectivity index is 4.24. The van der Waals surface area contributed by atoms with Gasteiger partial charge < -0.3 is 5.32 Å². The van der Waals surface area contributed by atoms with Crippen molar-refractivity contribution in [1.29, 1.82) is 0 Å². The highest BCUT2D eigenvalue weighted by atomic mass is 14.9.